The van der Waals surface area contributed by atoms with Crippen LogP contribution in [0.4, 0.5) is 32.0 Å². The van der Waals surface area contributed by atoms with Gasteiger partial charge in [-0.1, -0.05) is 0 Å². The average molecular weight is 383 g/mol. The standard InChI is InChI=1S/C15H9ClF6N2O/c16-6-13(23)24-8-1-2-12(9(17)5-8)25-14-10(18)3-7(4-11(14)19)15(20,21)22/h1-5H,6H2,(H2,23,24). The van der Waals surface area contributed by atoms with Crippen LogP contribution < -0.4 is 10.5 Å². The number of nitrogens with two attached hydrogens (primary N) is 1. The lowest BCUT2D eigenvalue weighted by atomic mass is 10.2. The van der Waals surface area contributed by atoms with Crippen molar-refractivity contribution in [3.63, 3.8) is 0 Å². The van der Waals surface area contributed by atoms with Gasteiger partial charge in [0.25, 0.3) is 0 Å². The van der Waals surface area contributed by atoms with Crippen LogP contribution in [0.15, 0.2) is 35.3 Å². The highest BCUT2D eigenvalue weighted by Crippen LogP contribution is 2.36. The molecule has 2 aromatic rings. The molecule has 2 N–H and O–H groups in total. The smallest absolute Gasteiger partial charge is 0.416 e. The number of aliphatic imine (C=N–C) groups is 1. The molecule has 0 fully saturated rings. The highest BCUT2D eigenvalue weighted by molar-refractivity contribution is 6.28. The minimum absolute atomic E-state index is 0.00885. The molecule has 0 unspecified atom stereocenters. The van der Waals surface area contributed by atoms with Crippen molar-refractivity contribution >= 4 is 23.1 Å². The van der Waals surface area contributed by atoms with Gasteiger partial charge in [0.2, 0.25) is 0 Å². The van der Waals surface area contributed by atoms with Crippen LogP contribution in [0.1, 0.15) is 5.56 Å². The first kappa shape index (κ1) is 18.9. The highest BCUT2D eigenvalue weighted by Gasteiger charge is 2.33. The Hall–Kier alpha value is -2.42. The Balaban J connectivity index is 2.34. The molecule has 0 amide bonds. The minimum atomic E-state index is -4.94. The molecule has 0 saturated carbocycles. The molecule has 0 aliphatic heterocycles. The third-order valence-corrected chi connectivity index (χ3v) is 3.14. The second-order valence-electron chi connectivity index (χ2n) is 4.72. The Labute approximate surface area is 142 Å². The van der Waals surface area contributed by atoms with Crippen LogP contribution in [0.2, 0.25) is 0 Å². The molecule has 0 spiro atoms. The fourth-order valence-electron chi connectivity index (χ4n) is 1.77. The van der Waals surface area contributed by atoms with Crippen LogP contribution in [0.3, 0.4) is 0 Å². The maximum Gasteiger partial charge on any atom is 0.416 e. The van der Waals surface area contributed by atoms with E-state index in [1.165, 1.54) is 6.07 Å². The van der Waals surface area contributed by atoms with Gasteiger partial charge in [-0.05, 0) is 24.3 Å². The number of amidine groups is 1. The first-order valence-corrected chi connectivity index (χ1v) is 7.08. The van der Waals surface area contributed by atoms with Gasteiger partial charge in [-0.2, -0.15) is 13.2 Å². The lowest BCUT2D eigenvalue weighted by molar-refractivity contribution is -0.138. The fraction of sp³-hybridized carbons (Fsp3) is 0.133. The maximum atomic E-state index is 13.9. The van der Waals surface area contributed by atoms with E-state index < -0.39 is 40.7 Å². The van der Waals surface area contributed by atoms with E-state index in [0.717, 1.165) is 12.1 Å². The van der Waals surface area contributed by atoms with E-state index in [1.54, 1.807) is 0 Å². The van der Waals surface area contributed by atoms with Gasteiger partial charge in [0.05, 0.1) is 17.1 Å². The zero-order valence-electron chi connectivity index (χ0n) is 12.2. The molecule has 2 aromatic carbocycles. The summed E-state index contributed by atoms with van der Waals surface area (Å²) in [5.74, 6) is -6.16. The molecule has 2 rings (SSSR count). The molecule has 3 nitrogen and oxygen atoms in total. The molecule has 0 aliphatic carbocycles. The number of rotatable bonds is 4. The van der Waals surface area contributed by atoms with Gasteiger partial charge in [-0.3, -0.25) is 0 Å². The Kier molecular flexibility index (Phi) is 5.46. The van der Waals surface area contributed by atoms with Gasteiger partial charge in [0, 0.05) is 6.07 Å². The van der Waals surface area contributed by atoms with Crippen molar-refractivity contribution in [3.05, 3.63) is 53.3 Å². The number of halogens is 7. The topological polar surface area (TPSA) is 47.6 Å². The van der Waals surface area contributed by atoms with Crippen molar-refractivity contribution in [1.29, 1.82) is 0 Å². The van der Waals surface area contributed by atoms with Crippen LogP contribution in [0, 0.1) is 17.5 Å². The Morgan fingerprint density at radius 3 is 2.12 bits per heavy atom. The van der Waals surface area contributed by atoms with Crippen molar-refractivity contribution in [2.75, 3.05) is 5.88 Å². The van der Waals surface area contributed by atoms with Crippen LogP contribution in [-0.2, 0) is 6.18 Å². The number of hydrogen-bond acceptors (Lipinski definition) is 2. The Morgan fingerprint density at radius 1 is 1.04 bits per heavy atom. The van der Waals surface area contributed by atoms with Crippen LogP contribution in [-0.4, -0.2) is 11.7 Å². The number of nitrogens with zero attached hydrogens (tertiary/aromatic N) is 1. The predicted molar refractivity (Wildman–Crippen MR) is 79.8 cm³/mol. The molecule has 0 bridgehead atoms. The highest BCUT2D eigenvalue weighted by atomic mass is 35.5. The third kappa shape index (κ3) is 4.56. The van der Waals surface area contributed by atoms with Gasteiger partial charge < -0.3 is 10.5 Å². The monoisotopic (exact) mass is 382 g/mol. The molecule has 0 aliphatic rings. The lowest BCUT2D eigenvalue weighted by Gasteiger charge is -2.12. The van der Waals surface area contributed by atoms with E-state index in [9.17, 15) is 26.3 Å². The summed E-state index contributed by atoms with van der Waals surface area (Å²) in [7, 11) is 0. The summed E-state index contributed by atoms with van der Waals surface area (Å²) < 4.78 is 83.5. The van der Waals surface area contributed by atoms with E-state index in [1.807, 2.05) is 0 Å². The van der Waals surface area contributed by atoms with Crippen LogP contribution >= 0.6 is 11.6 Å². The Bertz CT molecular complexity index is 799. The molecule has 0 atom stereocenters. The molecule has 25 heavy (non-hydrogen) atoms. The van der Waals surface area contributed by atoms with Crippen molar-refractivity contribution in [2.45, 2.75) is 6.18 Å². The van der Waals surface area contributed by atoms with Crippen molar-refractivity contribution in [1.82, 2.24) is 0 Å². The van der Waals surface area contributed by atoms with E-state index in [0.29, 0.717) is 0 Å². The molecular weight excluding hydrogens is 374 g/mol. The third-order valence-electron chi connectivity index (χ3n) is 2.86. The van der Waals surface area contributed by atoms with Gasteiger partial charge >= 0.3 is 6.18 Å². The predicted octanol–water partition coefficient (Wildman–Crippen LogP) is 5.14. The fourth-order valence-corrected chi connectivity index (χ4v) is 1.83. The van der Waals surface area contributed by atoms with Crippen molar-refractivity contribution < 1.29 is 31.1 Å². The van der Waals surface area contributed by atoms with Gasteiger partial charge in [0.15, 0.2) is 29.0 Å². The van der Waals surface area contributed by atoms with Crippen LogP contribution in [0.5, 0.6) is 11.5 Å². The first-order valence-electron chi connectivity index (χ1n) is 6.54. The second kappa shape index (κ2) is 7.22. The second-order valence-corrected chi connectivity index (χ2v) is 4.99. The quantitative estimate of drug-likeness (QED) is 0.344. The average Bonchev–Trinajstić information content (AvgIpc) is 2.51. The summed E-state index contributed by atoms with van der Waals surface area (Å²) in [6.45, 7) is 0. The molecule has 0 radical (unpaired) electrons. The summed E-state index contributed by atoms with van der Waals surface area (Å²) in [6.07, 6.45) is -4.94. The summed E-state index contributed by atoms with van der Waals surface area (Å²) >= 11 is 5.42. The summed E-state index contributed by atoms with van der Waals surface area (Å²) in [4.78, 5) is 3.75. The molecule has 0 heterocycles. The number of hydrogen-bond donors (Lipinski definition) is 1. The zero-order chi connectivity index (χ0) is 18.8. The number of ether oxygens (including phenoxy) is 1. The Morgan fingerprint density at radius 2 is 1.64 bits per heavy atom. The van der Waals surface area contributed by atoms with E-state index in [-0.39, 0.29) is 29.5 Å². The van der Waals surface area contributed by atoms with Gasteiger partial charge in [-0.25, -0.2) is 18.2 Å². The number of benzene rings is 2. The first-order chi connectivity index (χ1) is 11.6. The molecule has 134 valence electrons. The van der Waals surface area contributed by atoms with Gasteiger partial charge in [0.1, 0.15) is 5.84 Å². The maximum absolute atomic E-state index is 13.9. The van der Waals surface area contributed by atoms with Crippen LogP contribution in [0.25, 0.3) is 0 Å². The number of alkyl halides is 4. The molecular formula is C15H9ClF6N2O. The summed E-state index contributed by atoms with van der Waals surface area (Å²) in [6, 6.07) is 3.17. The molecule has 10 heteroatoms. The lowest BCUT2D eigenvalue weighted by Crippen LogP contribution is -2.12. The van der Waals surface area contributed by atoms with E-state index >= 15 is 0 Å². The SMILES string of the molecule is NC(CCl)=Nc1ccc(Oc2c(F)cc(C(F)(F)F)cc2F)c(F)c1. The van der Waals surface area contributed by atoms with Crippen molar-refractivity contribution in [2.24, 2.45) is 10.7 Å². The zero-order valence-corrected chi connectivity index (χ0v) is 12.9. The summed E-state index contributed by atoms with van der Waals surface area (Å²) in [5, 5.41) is 0. The summed E-state index contributed by atoms with van der Waals surface area (Å²) in [5.41, 5.74) is 3.91. The van der Waals surface area contributed by atoms with E-state index in [2.05, 4.69) is 4.99 Å². The largest absolute Gasteiger partial charge is 0.448 e. The normalized spacial score (nSPS) is 12.4. The molecule has 0 aromatic heterocycles. The van der Waals surface area contributed by atoms with Crippen molar-refractivity contribution in [3.8, 4) is 11.5 Å². The minimum Gasteiger partial charge on any atom is -0.448 e. The molecule has 0 saturated heterocycles. The van der Waals surface area contributed by atoms with Gasteiger partial charge in [-0.15, -0.1) is 11.6 Å². The van der Waals surface area contributed by atoms with E-state index in [4.69, 9.17) is 22.1 Å².